The second kappa shape index (κ2) is 10.3. The van der Waals surface area contributed by atoms with E-state index >= 15 is 0 Å². The molecule has 0 saturated carbocycles. The number of rotatable bonds is 9. The van der Waals surface area contributed by atoms with E-state index in [0.717, 1.165) is 30.1 Å². The second-order valence-electron chi connectivity index (χ2n) is 7.60. The highest BCUT2D eigenvalue weighted by Gasteiger charge is 2.27. The van der Waals surface area contributed by atoms with Crippen molar-refractivity contribution in [2.45, 2.75) is 32.7 Å². The molecule has 1 aliphatic rings. The SMILES string of the molecule is CCN(CC)c1ccc(C=NC[C@@H](c2ccc(OC)cc2)[NH+]2CCCC2)c(O)c1. The minimum atomic E-state index is 0.285. The fourth-order valence-electron chi connectivity index (χ4n) is 4.17. The van der Waals surface area contributed by atoms with Crippen LogP contribution >= 0.6 is 0 Å². The lowest BCUT2D eigenvalue weighted by Crippen LogP contribution is -3.10. The zero-order chi connectivity index (χ0) is 20.6. The van der Waals surface area contributed by atoms with Gasteiger partial charge < -0.3 is 19.6 Å². The summed E-state index contributed by atoms with van der Waals surface area (Å²) in [5.41, 5.74) is 3.11. The number of nitrogens with zero attached hydrogens (tertiary/aromatic N) is 2. The molecule has 1 fully saturated rings. The molecule has 0 radical (unpaired) electrons. The molecule has 1 saturated heterocycles. The van der Waals surface area contributed by atoms with Crippen molar-refractivity contribution in [2.24, 2.45) is 4.99 Å². The maximum absolute atomic E-state index is 10.4. The van der Waals surface area contributed by atoms with Crippen LogP contribution in [0.25, 0.3) is 0 Å². The number of anilines is 1. The molecule has 29 heavy (non-hydrogen) atoms. The molecule has 0 unspecified atom stereocenters. The molecule has 1 atom stereocenters. The van der Waals surface area contributed by atoms with E-state index in [4.69, 9.17) is 9.73 Å². The van der Waals surface area contributed by atoms with Crippen LogP contribution in [0.4, 0.5) is 5.69 Å². The predicted molar refractivity (Wildman–Crippen MR) is 120 cm³/mol. The lowest BCUT2D eigenvalue weighted by molar-refractivity contribution is -0.918. The van der Waals surface area contributed by atoms with Crippen molar-refractivity contribution in [1.29, 1.82) is 0 Å². The zero-order valence-corrected chi connectivity index (χ0v) is 17.9. The summed E-state index contributed by atoms with van der Waals surface area (Å²) < 4.78 is 5.30. The number of ether oxygens (including phenoxy) is 1. The minimum Gasteiger partial charge on any atom is -0.507 e. The lowest BCUT2D eigenvalue weighted by atomic mass is 10.1. The zero-order valence-electron chi connectivity index (χ0n) is 17.9. The van der Waals surface area contributed by atoms with Gasteiger partial charge in [-0.15, -0.1) is 0 Å². The van der Waals surface area contributed by atoms with Gasteiger partial charge in [0.25, 0.3) is 0 Å². The molecule has 2 aromatic carbocycles. The Hall–Kier alpha value is -2.53. The van der Waals surface area contributed by atoms with Crippen LogP contribution in [0.1, 0.15) is 43.9 Å². The Kier molecular flexibility index (Phi) is 7.53. The summed E-state index contributed by atoms with van der Waals surface area (Å²) in [7, 11) is 1.69. The van der Waals surface area contributed by atoms with Gasteiger partial charge in [-0.2, -0.15) is 0 Å². The van der Waals surface area contributed by atoms with Gasteiger partial charge in [0.15, 0.2) is 0 Å². The van der Waals surface area contributed by atoms with Crippen molar-refractivity contribution in [3.63, 3.8) is 0 Å². The molecule has 2 aromatic rings. The van der Waals surface area contributed by atoms with E-state index in [1.54, 1.807) is 12.0 Å². The third kappa shape index (κ3) is 5.30. The molecule has 1 heterocycles. The number of aromatic hydroxyl groups is 1. The van der Waals surface area contributed by atoms with Gasteiger partial charge in [-0.1, -0.05) is 0 Å². The first-order valence-corrected chi connectivity index (χ1v) is 10.7. The average Bonchev–Trinajstić information content (AvgIpc) is 3.28. The highest BCUT2D eigenvalue weighted by atomic mass is 16.5. The summed E-state index contributed by atoms with van der Waals surface area (Å²) in [5.74, 6) is 1.17. The van der Waals surface area contributed by atoms with Crippen LogP contribution in [0, 0.1) is 0 Å². The molecular formula is C24H34N3O2+. The lowest BCUT2D eigenvalue weighted by Gasteiger charge is -2.23. The number of methoxy groups -OCH3 is 1. The highest BCUT2D eigenvalue weighted by Crippen LogP contribution is 2.24. The molecule has 5 nitrogen and oxygen atoms in total. The fourth-order valence-corrected chi connectivity index (χ4v) is 4.17. The molecule has 2 N–H and O–H groups in total. The number of phenolic OH excluding ortho intramolecular Hbond substituents is 1. The van der Waals surface area contributed by atoms with E-state index in [1.807, 2.05) is 30.5 Å². The summed E-state index contributed by atoms with van der Waals surface area (Å²) in [5, 5.41) is 10.4. The summed E-state index contributed by atoms with van der Waals surface area (Å²) in [6.07, 6.45) is 4.37. The van der Waals surface area contributed by atoms with E-state index in [0.29, 0.717) is 12.6 Å². The smallest absolute Gasteiger partial charge is 0.133 e. The summed E-state index contributed by atoms with van der Waals surface area (Å²) in [4.78, 5) is 8.54. The number of aliphatic imine (C=N–C) groups is 1. The van der Waals surface area contributed by atoms with Gasteiger partial charge in [-0.05, 0) is 50.2 Å². The second-order valence-corrected chi connectivity index (χ2v) is 7.60. The number of likely N-dealkylation sites (tertiary alicyclic amines) is 1. The predicted octanol–water partition coefficient (Wildman–Crippen LogP) is 3.09. The maximum atomic E-state index is 10.4. The Labute approximate surface area is 174 Å². The third-order valence-corrected chi connectivity index (χ3v) is 5.92. The van der Waals surface area contributed by atoms with Crippen molar-refractivity contribution >= 4 is 11.9 Å². The third-order valence-electron chi connectivity index (χ3n) is 5.92. The van der Waals surface area contributed by atoms with Crippen LogP contribution < -0.4 is 14.5 Å². The van der Waals surface area contributed by atoms with Gasteiger partial charge in [-0.25, -0.2) is 0 Å². The molecule has 0 bridgehead atoms. The van der Waals surface area contributed by atoms with Crippen molar-refractivity contribution in [1.82, 2.24) is 0 Å². The van der Waals surface area contributed by atoms with Crippen LogP contribution in [0.3, 0.4) is 0 Å². The number of benzene rings is 2. The van der Waals surface area contributed by atoms with Crippen molar-refractivity contribution in [2.75, 3.05) is 44.7 Å². The summed E-state index contributed by atoms with van der Waals surface area (Å²) in [6, 6.07) is 14.5. The Morgan fingerprint density at radius 1 is 1.10 bits per heavy atom. The minimum absolute atomic E-state index is 0.285. The Morgan fingerprint density at radius 3 is 2.38 bits per heavy atom. The first-order chi connectivity index (χ1) is 14.2. The highest BCUT2D eigenvalue weighted by molar-refractivity contribution is 5.84. The van der Waals surface area contributed by atoms with Crippen molar-refractivity contribution < 1.29 is 14.7 Å². The average molecular weight is 397 g/mol. The summed E-state index contributed by atoms with van der Waals surface area (Å²) in [6.45, 7) is 9.17. The van der Waals surface area contributed by atoms with Gasteiger partial charge in [0.2, 0.25) is 0 Å². The van der Waals surface area contributed by atoms with Crippen LogP contribution in [-0.2, 0) is 0 Å². The Balaban J connectivity index is 1.73. The number of hydrogen-bond acceptors (Lipinski definition) is 4. The molecule has 0 aliphatic carbocycles. The molecule has 5 heteroatoms. The first kappa shape index (κ1) is 21.2. The van der Waals surface area contributed by atoms with Gasteiger partial charge in [0.05, 0.1) is 26.7 Å². The van der Waals surface area contributed by atoms with E-state index in [2.05, 4.69) is 36.9 Å². The van der Waals surface area contributed by atoms with Crippen LogP contribution in [0.5, 0.6) is 11.5 Å². The Morgan fingerprint density at radius 2 is 1.79 bits per heavy atom. The van der Waals surface area contributed by atoms with Gasteiger partial charge in [0, 0.05) is 55.0 Å². The molecule has 156 valence electrons. The van der Waals surface area contributed by atoms with Gasteiger partial charge in [0.1, 0.15) is 17.5 Å². The monoisotopic (exact) mass is 396 g/mol. The van der Waals surface area contributed by atoms with Gasteiger partial charge in [-0.3, -0.25) is 4.99 Å². The van der Waals surface area contributed by atoms with E-state index < -0.39 is 0 Å². The van der Waals surface area contributed by atoms with E-state index in [9.17, 15) is 5.11 Å². The molecule has 1 aliphatic heterocycles. The molecule has 0 amide bonds. The molecular weight excluding hydrogens is 362 g/mol. The van der Waals surface area contributed by atoms with E-state index in [-0.39, 0.29) is 5.75 Å². The molecule has 0 aromatic heterocycles. The molecule has 3 rings (SSSR count). The van der Waals surface area contributed by atoms with Crippen molar-refractivity contribution in [3.05, 3.63) is 53.6 Å². The Bertz CT molecular complexity index is 794. The number of hydrogen-bond donors (Lipinski definition) is 2. The summed E-state index contributed by atoms with van der Waals surface area (Å²) >= 11 is 0. The van der Waals surface area contributed by atoms with Crippen LogP contribution in [0.2, 0.25) is 0 Å². The largest absolute Gasteiger partial charge is 0.507 e. The fraction of sp³-hybridized carbons (Fsp3) is 0.458. The number of nitrogens with one attached hydrogen (secondary N) is 1. The van der Waals surface area contributed by atoms with E-state index in [1.165, 1.54) is 31.5 Å². The van der Waals surface area contributed by atoms with Crippen LogP contribution in [-0.4, -0.2) is 51.2 Å². The molecule has 0 spiro atoms. The topological polar surface area (TPSA) is 49.5 Å². The first-order valence-electron chi connectivity index (χ1n) is 10.7. The van der Waals surface area contributed by atoms with Crippen molar-refractivity contribution in [3.8, 4) is 11.5 Å². The normalized spacial score (nSPS) is 15.7. The maximum Gasteiger partial charge on any atom is 0.133 e. The standard InChI is InChI=1S/C24H33N3O2/c1-4-26(5-2)21-11-8-20(24(28)16-21)17-25-18-23(27-14-6-7-15-27)19-9-12-22(29-3)13-10-19/h8-13,16-17,23,28H,4-7,14-15,18H2,1-3H3/p+1/t23-/m0/s1. The quantitative estimate of drug-likeness (QED) is 0.641. The number of phenols is 1. The number of quaternary nitrogens is 1. The van der Waals surface area contributed by atoms with Crippen LogP contribution in [0.15, 0.2) is 47.5 Å². The van der Waals surface area contributed by atoms with Gasteiger partial charge >= 0.3 is 0 Å².